The first-order chi connectivity index (χ1) is 10.7. The summed E-state index contributed by atoms with van der Waals surface area (Å²) in [6.07, 6.45) is 3.61. The van der Waals surface area contributed by atoms with Gasteiger partial charge in [0, 0.05) is 37.7 Å². The Kier molecular flexibility index (Phi) is 3.82. The summed E-state index contributed by atoms with van der Waals surface area (Å²) in [5.41, 5.74) is 3.22. The van der Waals surface area contributed by atoms with E-state index in [0.717, 1.165) is 16.8 Å². The summed E-state index contributed by atoms with van der Waals surface area (Å²) in [7, 11) is 3.91. The van der Waals surface area contributed by atoms with Crippen molar-refractivity contribution in [2.75, 3.05) is 19.0 Å². The number of isothiocyanates is 1. The lowest BCUT2D eigenvalue weighted by atomic mass is 10.1. The number of rotatable bonds is 4. The van der Waals surface area contributed by atoms with E-state index in [1.54, 1.807) is 12.4 Å². The standard InChI is InChI=1S/C15H13N5OS/c1-20(2)11-3-4-12(13(7-11)17-9-22)15-18-14(19-21-15)10-5-6-16-8-10/h3-8,16H,1-2H3. The molecule has 0 atom stereocenters. The molecule has 0 saturated carbocycles. The van der Waals surface area contributed by atoms with Crippen LogP contribution in [0.5, 0.6) is 0 Å². The van der Waals surface area contributed by atoms with Crippen LogP contribution in [0.1, 0.15) is 0 Å². The van der Waals surface area contributed by atoms with Crippen LogP contribution in [0.2, 0.25) is 0 Å². The first-order valence-corrected chi connectivity index (χ1v) is 6.96. The minimum atomic E-state index is 0.394. The van der Waals surface area contributed by atoms with E-state index in [1.165, 1.54) is 0 Å². The minimum Gasteiger partial charge on any atom is -0.378 e. The predicted molar refractivity (Wildman–Crippen MR) is 88.5 cm³/mol. The molecular formula is C15H13N5OS. The molecule has 0 bridgehead atoms. The van der Waals surface area contributed by atoms with Crippen molar-refractivity contribution < 1.29 is 4.52 Å². The summed E-state index contributed by atoms with van der Waals surface area (Å²) < 4.78 is 5.35. The SMILES string of the molecule is CN(C)c1ccc(-c2nc(-c3cc[nH]c3)no2)c(N=C=S)c1. The topological polar surface area (TPSA) is 70.3 Å². The molecule has 0 saturated heterocycles. The largest absolute Gasteiger partial charge is 0.378 e. The van der Waals surface area contributed by atoms with E-state index in [-0.39, 0.29) is 0 Å². The number of hydrogen-bond donors (Lipinski definition) is 1. The fourth-order valence-corrected chi connectivity index (χ4v) is 2.13. The van der Waals surface area contributed by atoms with E-state index in [2.05, 4.69) is 25.3 Å². The van der Waals surface area contributed by atoms with Gasteiger partial charge >= 0.3 is 0 Å². The van der Waals surface area contributed by atoms with Crippen LogP contribution in [0.4, 0.5) is 11.4 Å². The number of hydrogen-bond acceptors (Lipinski definition) is 6. The Morgan fingerprint density at radius 2 is 2.18 bits per heavy atom. The van der Waals surface area contributed by atoms with Crippen molar-refractivity contribution in [3.8, 4) is 22.8 Å². The quantitative estimate of drug-likeness (QED) is 0.589. The summed E-state index contributed by atoms with van der Waals surface area (Å²) >= 11 is 4.72. The summed E-state index contributed by atoms with van der Waals surface area (Å²) in [4.78, 5) is 13.4. The zero-order valence-electron chi connectivity index (χ0n) is 12.1. The molecule has 1 N–H and O–H groups in total. The van der Waals surface area contributed by atoms with Crippen LogP contribution in [0.15, 0.2) is 46.2 Å². The molecule has 7 heteroatoms. The maximum Gasteiger partial charge on any atom is 0.260 e. The third-order valence-corrected chi connectivity index (χ3v) is 3.27. The number of H-pyrrole nitrogens is 1. The molecule has 110 valence electrons. The molecule has 0 aliphatic carbocycles. The lowest BCUT2D eigenvalue weighted by Crippen LogP contribution is -2.08. The second kappa shape index (κ2) is 5.93. The average molecular weight is 311 g/mol. The van der Waals surface area contributed by atoms with Crippen molar-refractivity contribution in [1.82, 2.24) is 15.1 Å². The molecular weight excluding hydrogens is 298 g/mol. The molecule has 6 nitrogen and oxygen atoms in total. The van der Waals surface area contributed by atoms with E-state index >= 15 is 0 Å². The van der Waals surface area contributed by atoms with Gasteiger partial charge in [-0.05, 0) is 36.5 Å². The normalized spacial score (nSPS) is 10.3. The van der Waals surface area contributed by atoms with Crippen LogP contribution in [-0.4, -0.2) is 34.4 Å². The van der Waals surface area contributed by atoms with Gasteiger partial charge in [-0.2, -0.15) is 9.98 Å². The summed E-state index contributed by atoms with van der Waals surface area (Å²) in [6.45, 7) is 0. The monoisotopic (exact) mass is 311 g/mol. The van der Waals surface area contributed by atoms with Crippen molar-refractivity contribution in [3.05, 3.63) is 36.7 Å². The van der Waals surface area contributed by atoms with Gasteiger partial charge in [0.25, 0.3) is 5.89 Å². The molecule has 0 aliphatic rings. The van der Waals surface area contributed by atoms with Gasteiger partial charge < -0.3 is 14.4 Å². The van der Waals surface area contributed by atoms with E-state index < -0.39 is 0 Å². The van der Waals surface area contributed by atoms with Crippen LogP contribution < -0.4 is 4.90 Å². The fraction of sp³-hybridized carbons (Fsp3) is 0.133. The Morgan fingerprint density at radius 1 is 1.32 bits per heavy atom. The van der Waals surface area contributed by atoms with Gasteiger partial charge in [0.05, 0.1) is 16.4 Å². The van der Waals surface area contributed by atoms with Gasteiger partial charge in [-0.25, -0.2) is 0 Å². The maximum absolute atomic E-state index is 5.35. The van der Waals surface area contributed by atoms with E-state index in [9.17, 15) is 0 Å². The molecule has 3 aromatic rings. The molecule has 0 amide bonds. The van der Waals surface area contributed by atoms with Gasteiger partial charge in [-0.15, -0.1) is 0 Å². The highest BCUT2D eigenvalue weighted by molar-refractivity contribution is 7.78. The van der Waals surface area contributed by atoms with Crippen LogP contribution in [0.3, 0.4) is 0 Å². The number of nitrogens with zero attached hydrogens (tertiary/aromatic N) is 4. The number of nitrogens with one attached hydrogen (secondary N) is 1. The van der Waals surface area contributed by atoms with E-state index in [4.69, 9.17) is 16.7 Å². The van der Waals surface area contributed by atoms with Crippen molar-refractivity contribution in [2.45, 2.75) is 0 Å². The second-order valence-corrected chi connectivity index (χ2v) is 5.00. The average Bonchev–Trinajstić information content (AvgIpc) is 3.18. The molecule has 0 aliphatic heterocycles. The molecule has 2 aromatic heterocycles. The molecule has 0 spiro atoms. The Labute approximate surface area is 132 Å². The number of aliphatic imine (C=N–C) groups is 1. The Bertz CT molecular complexity index is 832. The van der Waals surface area contributed by atoms with Crippen LogP contribution >= 0.6 is 12.2 Å². The predicted octanol–water partition coefficient (Wildman–Crippen LogP) is 3.53. The van der Waals surface area contributed by atoms with Gasteiger partial charge in [-0.1, -0.05) is 5.16 Å². The lowest BCUT2D eigenvalue weighted by molar-refractivity contribution is 0.432. The zero-order chi connectivity index (χ0) is 15.5. The van der Waals surface area contributed by atoms with E-state index in [0.29, 0.717) is 17.4 Å². The smallest absolute Gasteiger partial charge is 0.260 e. The van der Waals surface area contributed by atoms with Gasteiger partial charge in [0.1, 0.15) is 0 Å². The van der Waals surface area contributed by atoms with Gasteiger partial charge in [0.2, 0.25) is 5.82 Å². The molecule has 0 unspecified atom stereocenters. The lowest BCUT2D eigenvalue weighted by Gasteiger charge is -2.13. The molecule has 1 aromatic carbocycles. The number of anilines is 1. The number of aromatic nitrogens is 3. The Morgan fingerprint density at radius 3 is 2.86 bits per heavy atom. The van der Waals surface area contributed by atoms with E-state index in [1.807, 2.05) is 43.3 Å². The maximum atomic E-state index is 5.35. The first kappa shape index (κ1) is 14.2. The van der Waals surface area contributed by atoms with Crippen molar-refractivity contribution in [3.63, 3.8) is 0 Å². The van der Waals surface area contributed by atoms with Crippen LogP contribution in [0, 0.1) is 0 Å². The number of benzene rings is 1. The fourth-order valence-electron chi connectivity index (χ4n) is 2.03. The van der Waals surface area contributed by atoms with Crippen LogP contribution in [-0.2, 0) is 0 Å². The first-order valence-electron chi connectivity index (χ1n) is 6.55. The molecule has 0 fully saturated rings. The summed E-state index contributed by atoms with van der Waals surface area (Å²) in [5, 5.41) is 6.38. The van der Waals surface area contributed by atoms with Crippen molar-refractivity contribution in [1.29, 1.82) is 0 Å². The molecule has 22 heavy (non-hydrogen) atoms. The second-order valence-electron chi connectivity index (χ2n) is 4.82. The van der Waals surface area contributed by atoms with Crippen molar-refractivity contribution in [2.24, 2.45) is 4.99 Å². The highest BCUT2D eigenvalue weighted by Crippen LogP contribution is 2.33. The van der Waals surface area contributed by atoms with Gasteiger partial charge in [-0.3, -0.25) is 0 Å². The number of aromatic amines is 1. The van der Waals surface area contributed by atoms with Gasteiger partial charge in [0.15, 0.2) is 0 Å². The number of thiocarbonyl (C=S) groups is 1. The van der Waals surface area contributed by atoms with Crippen LogP contribution in [0.25, 0.3) is 22.8 Å². The molecule has 0 radical (unpaired) electrons. The highest BCUT2D eigenvalue weighted by Gasteiger charge is 2.15. The zero-order valence-corrected chi connectivity index (χ0v) is 12.9. The molecule has 3 rings (SSSR count). The highest BCUT2D eigenvalue weighted by atomic mass is 32.1. The molecule has 2 heterocycles. The minimum absolute atomic E-state index is 0.394. The van der Waals surface area contributed by atoms with Crippen molar-refractivity contribution >= 4 is 28.8 Å². The third-order valence-electron chi connectivity index (χ3n) is 3.18. The third kappa shape index (κ3) is 2.67. The summed E-state index contributed by atoms with van der Waals surface area (Å²) in [6, 6.07) is 7.61. The summed E-state index contributed by atoms with van der Waals surface area (Å²) in [5.74, 6) is 0.913. The Hall–Kier alpha value is -2.76. The Balaban J connectivity index is 2.06.